The van der Waals surface area contributed by atoms with Gasteiger partial charge in [-0.3, -0.25) is 0 Å². The van der Waals surface area contributed by atoms with Gasteiger partial charge >= 0.3 is 0 Å². The summed E-state index contributed by atoms with van der Waals surface area (Å²) in [6.07, 6.45) is 11.6. The Morgan fingerprint density at radius 3 is 1.97 bits per heavy atom. The van der Waals surface area contributed by atoms with Crippen molar-refractivity contribution < 1.29 is 4.39 Å². The molecule has 7 heteroatoms. The zero-order valence-electron chi connectivity index (χ0n) is 20.4. The van der Waals surface area contributed by atoms with Gasteiger partial charge in [0.25, 0.3) is 0 Å². The van der Waals surface area contributed by atoms with Gasteiger partial charge in [-0.05, 0) is 74.9 Å². The Morgan fingerprint density at radius 1 is 0.800 bits per heavy atom. The van der Waals surface area contributed by atoms with Crippen molar-refractivity contribution in [2.24, 2.45) is 0 Å². The van der Waals surface area contributed by atoms with Gasteiger partial charge in [-0.25, -0.2) is 14.4 Å². The van der Waals surface area contributed by atoms with E-state index in [1.165, 1.54) is 35.9 Å². The van der Waals surface area contributed by atoms with Gasteiger partial charge < -0.3 is 19.8 Å². The van der Waals surface area contributed by atoms with Crippen molar-refractivity contribution in [2.45, 2.75) is 64.7 Å². The Bertz CT molecular complexity index is 1220. The van der Waals surface area contributed by atoms with Crippen molar-refractivity contribution in [3.8, 4) is 0 Å². The number of nitrogens with zero attached hydrogens (tertiary/aromatic N) is 4. The lowest BCUT2D eigenvalue weighted by Crippen LogP contribution is -2.36. The zero-order valence-corrected chi connectivity index (χ0v) is 20.4. The van der Waals surface area contributed by atoms with Crippen LogP contribution in [0.3, 0.4) is 0 Å². The molecule has 0 aliphatic carbocycles. The van der Waals surface area contributed by atoms with Crippen LogP contribution in [0.25, 0.3) is 0 Å². The molecule has 2 aromatic heterocycles. The van der Waals surface area contributed by atoms with E-state index in [-0.39, 0.29) is 5.82 Å². The summed E-state index contributed by atoms with van der Waals surface area (Å²) in [6, 6.07) is 14.8. The summed E-state index contributed by atoms with van der Waals surface area (Å²) in [7, 11) is 0. The molecule has 0 spiro atoms. The monoisotopic (exact) mass is 472 g/mol. The second kappa shape index (κ2) is 10.3. The van der Waals surface area contributed by atoms with Crippen LogP contribution in [0.2, 0.25) is 0 Å². The minimum atomic E-state index is -0.148. The van der Waals surface area contributed by atoms with Crippen molar-refractivity contribution >= 4 is 11.4 Å². The number of hydrogen-bond acceptors (Lipinski definition) is 4. The van der Waals surface area contributed by atoms with Crippen molar-refractivity contribution in [1.82, 2.24) is 19.9 Å². The first kappa shape index (κ1) is 23.1. The van der Waals surface area contributed by atoms with Gasteiger partial charge in [0.05, 0.1) is 37.1 Å². The summed E-state index contributed by atoms with van der Waals surface area (Å²) in [5, 5.41) is 0. The Labute approximate surface area is 206 Å². The van der Waals surface area contributed by atoms with Gasteiger partial charge in [0.2, 0.25) is 0 Å². The number of rotatable bonds is 4. The molecule has 0 saturated heterocycles. The van der Waals surface area contributed by atoms with Gasteiger partial charge in [0.15, 0.2) is 0 Å². The van der Waals surface area contributed by atoms with Gasteiger partial charge in [0, 0.05) is 35.9 Å². The molecule has 0 fully saturated rings. The molecule has 2 unspecified atom stereocenters. The smallest absolute Gasteiger partial charge is 0.123 e. The highest BCUT2D eigenvalue weighted by atomic mass is 19.1. The minimum Gasteiger partial charge on any atom is -0.363 e. The number of aromatic amines is 2. The summed E-state index contributed by atoms with van der Waals surface area (Å²) in [5.41, 5.74) is 7.34. The number of anilines is 2. The molecule has 2 aromatic carbocycles. The number of para-hydroxylation sites is 1. The van der Waals surface area contributed by atoms with Gasteiger partial charge in [0.1, 0.15) is 5.82 Å². The van der Waals surface area contributed by atoms with E-state index in [0.29, 0.717) is 12.1 Å². The number of halogens is 1. The van der Waals surface area contributed by atoms with Crippen LogP contribution in [0, 0.1) is 5.82 Å². The van der Waals surface area contributed by atoms with Crippen LogP contribution in [-0.2, 0) is 25.9 Å². The number of H-pyrrole nitrogens is 2. The highest BCUT2D eigenvalue weighted by Crippen LogP contribution is 2.33. The lowest BCUT2D eigenvalue weighted by Gasteiger charge is -2.36. The summed E-state index contributed by atoms with van der Waals surface area (Å²) < 4.78 is 13.3. The van der Waals surface area contributed by atoms with Crippen molar-refractivity contribution in [3.63, 3.8) is 0 Å². The molecule has 0 radical (unpaired) electrons. The number of fused-ring (bicyclic) bond motifs is 2. The molecule has 0 saturated carbocycles. The summed E-state index contributed by atoms with van der Waals surface area (Å²) in [5.74, 6) is -0.148. The van der Waals surface area contributed by atoms with E-state index in [2.05, 4.69) is 67.8 Å². The molecule has 2 N–H and O–H groups in total. The molecule has 4 heterocycles. The van der Waals surface area contributed by atoms with E-state index >= 15 is 0 Å². The fraction of sp³-hybridized carbons (Fsp3) is 0.357. The molecule has 182 valence electrons. The average Bonchev–Trinajstić information content (AvgIpc) is 3.58. The molecular formula is C28H33FN6. The molecule has 4 aromatic rings. The summed E-state index contributed by atoms with van der Waals surface area (Å²) in [6.45, 7) is 6.22. The maximum atomic E-state index is 13.3. The fourth-order valence-electron chi connectivity index (χ4n) is 5.14. The summed E-state index contributed by atoms with van der Waals surface area (Å²) >= 11 is 0. The number of nitrogens with one attached hydrogen (secondary N) is 2. The molecular weight excluding hydrogens is 439 g/mol. The van der Waals surface area contributed by atoms with Crippen LogP contribution < -0.4 is 9.80 Å². The topological polar surface area (TPSA) is 63.8 Å². The average molecular weight is 473 g/mol. The van der Waals surface area contributed by atoms with Gasteiger partial charge in [-0.1, -0.05) is 18.2 Å². The molecule has 35 heavy (non-hydrogen) atoms. The predicted octanol–water partition coefficient (Wildman–Crippen LogP) is 5.64. The Kier molecular flexibility index (Phi) is 6.84. The fourth-order valence-corrected chi connectivity index (χ4v) is 5.14. The van der Waals surface area contributed by atoms with Crippen LogP contribution in [0.1, 0.15) is 49.2 Å². The standard InChI is InChI=1S/C14H16FN3.C14H17N3/c1-10-2-3-11-6-12(15)4-5-14(11)18(10)8-13-7-16-9-17-13;1-11-6-7-12-4-2-3-5-14(12)17(11)9-13-8-15-10-16-13/h4-7,9-10H,2-3,8H2,1H3,(H,16,17);2-5,8,10-11H,6-7,9H2,1H3,(H,15,16). The van der Waals surface area contributed by atoms with E-state index in [0.717, 1.165) is 42.9 Å². The number of aromatic nitrogens is 4. The Balaban J connectivity index is 0.000000145. The number of imidazole rings is 2. The first-order chi connectivity index (χ1) is 17.1. The van der Waals surface area contributed by atoms with Crippen molar-refractivity contribution in [3.05, 3.63) is 95.8 Å². The normalized spacial score (nSPS) is 18.9. The maximum Gasteiger partial charge on any atom is 0.123 e. The first-order valence-electron chi connectivity index (χ1n) is 12.4. The number of hydrogen-bond donors (Lipinski definition) is 2. The van der Waals surface area contributed by atoms with Crippen molar-refractivity contribution in [1.29, 1.82) is 0 Å². The second-order valence-electron chi connectivity index (χ2n) is 9.59. The van der Waals surface area contributed by atoms with Crippen LogP contribution in [0.4, 0.5) is 15.8 Å². The van der Waals surface area contributed by atoms with Crippen LogP contribution in [0.5, 0.6) is 0 Å². The SMILES string of the molecule is CC1CCc2cc(F)ccc2N1Cc1cnc[nH]1.CC1CCc2ccccc2N1Cc1cnc[nH]1. The zero-order chi connectivity index (χ0) is 24.2. The largest absolute Gasteiger partial charge is 0.363 e. The van der Waals surface area contributed by atoms with E-state index in [9.17, 15) is 4.39 Å². The molecule has 2 atom stereocenters. The van der Waals surface area contributed by atoms with Gasteiger partial charge in [-0.15, -0.1) is 0 Å². The van der Waals surface area contributed by atoms with Gasteiger partial charge in [-0.2, -0.15) is 0 Å². The quantitative estimate of drug-likeness (QED) is 0.403. The first-order valence-corrected chi connectivity index (χ1v) is 12.4. The van der Waals surface area contributed by atoms with E-state index in [1.807, 2.05) is 18.5 Å². The highest BCUT2D eigenvalue weighted by molar-refractivity contribution is 5.57. The van der Waals surface area contributed by atoms with E-state index in [4.69, 9.17) is 0 Å². The molecule has 6 nitrogen and oxygen atoms in total. The lowest BCUT2D eigenvalue weighted by atomic mass is 9.96. The second-order valence-corrected chi connectivity index (χ2v) is 9.59. The lowest BCUT2D eigenvalue weighted by molar-refractivity contribution is 0.551. The number of aryl methyl sites for hydroxylation is 2. The highest BCUT2D eigenvalue weighted by Gasteiger charge is 2.24. The third-order valence-corrected chi connectivity index (χ3v) is 7.17. The Morgan fingerprint density at radius 2 is 1.37 bits per heavy atom. The van der Waals surface area contributed by atoms with Crippen LogP contribution in [-0.4, -0.2) is 32.0 Å². The third-order valence-electron chi connectivity index (χ3n) is 7.17. The van der Waals surface area contributed by atoms with Crippen LogP contribution in [0.15, 0.2) is 67.5 Å². The van der Waals surface area contributed by atoms with Crippen LogP contribution >= 0.6 is 0 Å². The Hall–Kier alpha value is -3.61. The molecule has 6 rings (SSSR count). The van der Waals surface area contributed by atoms with E-state index in [1.54, 1.807) is 18.7 Å². The van der Waals surface area contributed by atoms with Crippen molar-refractivity contribution in [2.75, 3.05) is 9.80 Å². The molecule has 0 amide bonds. The summed E-state index contributed by atoms with van der Waals surface area (Å²) in [4.78, 5) is 19.2. The van der Waals surface area contributed by atoms with E-state index < -0.39 is 0 Å². The molecule has 0 bridgehead atoms. The third kappa shape index (κ3) is 5.24. The molecule has 2 aliphatic rings. The number of benzene rings is 2. The predicted molar refractivity (Wildman–Crippen MR) is 138 cm³/mol. The minimum absolute atomic E-state index is 0.148. The molecule has 2 aliphatic heterocycles. The maximum absolute atomic E-state index is 13.3.